The van der Waals surface area contributed by atoms with Gasteiger partial charge in [0.2, 0.25) is 0 Å². The minimum absolute atomic E-state index is 0.0981. The van der Waals surface area contributed by atoms with Crippen LogP contribution in [0.4, 0.5) is 0 Å². The van der Waals surface area contributed by atoms with E-state index in [4.69, 9.17) is 10.00 Å². The van der Waals surface area contributed by atoms with E-state index in [1.165, 1.54) is 44.9 Å². The molecule has 34 heavy (non-hydrogen) atoms. The largest absolute Gasteiger partial charge is 0.496 e. The summed E-state index contributed by atoms with van der Waals surface area (Å²) < 4.78 is 7.42. The summed E-state index contributed by atoms with van der Waals surface area (Å²) in [5.41, 5.74) is 3.23. The molecular weight excluding hydrogens is 430 g/mol. The molecule has 1 amide bonds. The molecule has 0 bridgehead atoms. The standard InChI is InChI=1S/C27H27N3O4/c1-34-25-14-20(27(32)33)8-9-22(25)17-30-16-21(7-4-12-28)23-11-10-19(13-24(23)30)26(31)29-15-18-5-2-3-6-18/h4,7-11,13-14,16,18H,2-3,5-6,15,17H2,1H3,(H,29,31)(H,32,33)/b7-4+. The Balaban J connectivity index is 1.68. The summed E-state index contributed by atoms with van der Waals surface area (Å²) in [7, 11) is 1.51. The Morgan fingerprint density at radius 1 is 1.21 bits per heavy atom. The zero-order valence-corrected chi connectivity index (χ0v) is 19.1. The molecule has 1 saturated carbocycles. The number of hydrogen-bond acceptors (Lipinski definition) is 4. The lowest BCUT2D eigenvalue weighted by Crippen LogP contribution is -2.28. The van der Waals surface area contributed by atoms with E-state index in [9.17, 15) is 14.7 Å². The lowest BCUT2D eigenvalue weighted by atomic mass is 10.1. The van der Waals surface area contributed by atoms with Gasteiger partial charge >= 0.3 is 5.97 Å². The van der Waals surface area contributed by atoms with Crippen molar-refractivity contribution in [2.45, 2.75) is 32.2 Å². The van der Waals surface area contributed by atoms with E-state index in [0.29, 0.717) is 30.3 Å². The maximum atomic E-state index is 12.8. The van der Waals surface area contributed by atoms with Crippen molar-refractivity contribution in [1.29, 1.82) is 5.26 Å². The van der Waals surface area contributed by atoms with E-state index in [1.807, 2.05) is 35.0 Å². The normalized spacial score (nSPS) is 13.9. The summed E-state index contributed by atoms with van der Waals surface area (Å²) in [6, 6.07) is 12.4. The van der Waals surface area contributed by atoms with Crippen molar-refractivity contribution < 1.29 is 19.4 Å². The summed E-state index contributed by atoms with van der Waals surface area (Å²) in [6.07, 6.45) is 9.88. The highest BCUT2D eigenvalue weighted by Crippen LogP contribution is 2.28. The van der Waals surface area contributed by atoms with Gasteiger partial charge in [0.25, 0.3) is 5.91 Å². The highest BCUT2D eigenvalue weighted by molar-refractivity contribution is 6.00. The predicted molar refractivity (Wildman–Crippen MR) is 130 cm³/mol. The van der Waals surface area contributed by atoms with Crippen LogP contribution >= 0.6 is 0 Å². The zero-order chi connectivity index (χ0) is 24.1. The molecule has 1 aliphatic rings. The molecule has 7 nitrogen and oxygen atoms in total. The Labute approximate surface area is 198 Å². The molecule has 0 saturated heterocycles. The molecule has 1 fully saturated rings. The molecule has 1 aliphatic carbocycles. The van der Waals surface area contributed by atoms with Gasteiger partial charge in [-0.2, -0.15) is 5.26 Å². The van der Waals surface area contributed by atoms with Gasteiger partial charge in [0, 0.05) is 46.4 Å². The SMILES string of the molecule is COc1cc(C(=O)O)ccc1Cn1cc(/C=C/C#N)c2ccc(C(=O)NCC3CCCC3)cc21. The lowest BCUT2D eigenvalue weighted by Gasteiger charge is -2.13. The molecule has 3 aromatic rings. The van der Waals surface area contributed by atoms with E-state index in [1.54, 1.807) is 18.2 Å². The number of aromatic carboxylic acids is 1. The number of allylic oxidation sites excluding steroid dienone is 1. The molecule has 1 aromatic heterocycles. The number of benzene rings is 2. The highest BCUT2D eigenvalue weighted by atomic mass is 16.5. The van der Waals surface area contributed by atoms with Crippen molar-refractivity contribution in [3.63, 3.8) is 0 Å². The van der Waals surface area contributed by atoms with Gasteiger partial charge in [-0.15, -0.1) is 0 Å². The number of carbonyl (C=O) groups is 2. The van der Waals surface area contributed by atoms with Gasteiger partial charge in [0.1, 0.15) is 5.75 Å². The molecule has 0 aliphatic heterocycles. The van der Waals surface area contributed by atoms with E-state index >= 15 is 0 Å². The van der Waals surface area contributed by atoms with Crippen molar-refractivity contribution in [3.8, 4) is 11.8 Å². The van der Waals surface area contributed by atoms with Crippen molar-refractivity contribution >= 4 is 28.9 Å². The number of ether oxygens (including phenoxy) is 1. The molecule has 0 unspecified atom stereocenters. The van der Waals surface area contributed by atoms with E-state index < -0.39 is 5.97 Å². The quantitative estimate of drug-likeness (QED) is 0.471. The van der Waals surface area contributed by atoms with Crippen molar-refractivity contribution in [1.82, 2.24) is 9.88 Å². The van der Waals surface area contributed by atoms with Crippen LogP contribution in [0.25, 0.3) is 17.0 Å². The molecule has 7 heteroatoms. The maximum absolute atomic E-state index is 12.8. The predicted octanol–water partition coefficient (Wildman–Crippen LogP) is 4.85. The lowest BCUT2D eigenvalue weighted by molar-refractivity contribution is 0.0696. The average molecular weight is 458 g/mol. The highest BCUT2D eigenvalue weighted by Gasteiger charge is 2.18. The van der Waals surface area contributed by atoms with Crippen LogP contribution in [0.15, 0.2) is 48.7 Å². The number of carboxylic acids is 1. The van der Waals surface area contributed by atoms with E-state index in [0.717, 1.165) is 22.0 Å². The Hall–Kier alpha value is -4.05. The van der Waals surface area contributed by atoms with Crippen molar-refractivity contribution in [3.05, 3.63) is 70.9 Å². The fraction of sp³-hybridized carbons (Fsp3) is 0.296. The fourth-order valence-electron chi connectivity index (χ4n) is 4.60. The number of nitriles is 1. The molecule has 0 radical (unpaired) electrons. The van der Waals surface area contributed by atoms with Crippen LogP contribution in [0.1, 0.15) is 57.5 Å². The van der Waals surface area contributed by atoms with Crippen LogP contribution in [0.5, 0.6) is 5.75 Å². The second-order valence-corrected chi connectivity index (χ2v) is 8.60. The topological polar surface area (TPSA) is 104 Å². The van der Waals surface area contributed by atoms with E-state index in [-0.39, 0.29) is 11.5 Å². The average Bonchev–Trinajstić information content (AvgIpc) is 3.49. The summed E-state index contributed by atoms with van der Waals surface area (Å²) in [5, 5.41) is 22.2. The Morgan fingerprint density at radius 2 is 1.97 bits per heavy atom. The number of methoxy groups -OCH3 is 1. The van der Waals surface area contributed by atoms with Crippen LogP contribution in [0, 0.1) is 17.2 Å². The molecule has 0 atom stereocenters. The zero-order valence-electron chi connectivity index (χ0n) is 19.1. The van der Waals surface area contributed by atoms with Crippen molar-refractivity contribution in [2.75, 3.05) is 13.7 Å². The number of nitrogens with one attached hydrogen (secondary N) is 1. The van der Waals surface area contributed by atoms with Crippen LogP contribution in [0.2, 0.25) is 0 Å². The van der Waals surface area contributed by atoms with E-state index in [2.05, 4.69) is 5.32 Å². The summed E-state index contributed by atoms with van der Waals surface area (Å²) >= 11 is 0. The van der Waals surface area contributed by atoms with Gasteiger partial charge in [-0.05, 0) is 49.1 Å². The van der Waals surface area contributed by atoms with Crippen LogP contribution in [-0.2, 0) is 6.54 Å². The van der Waals surface area contributed by atoms with Gasteiger partial charge in [0.15, 0.2) is 0 Å². The van der Waals surface area contributed by atoms with Crippen LogP contribution < -0.4 is 10.1 Å². The minimum Gasteiger partial charge on any atom is -0.496 e. The fourth-order valence-corrected chi connectivity index (χ4v) is 4.60. The third-order valence-electron chi connectivity index (χ3n) is 6.41. The first-order valence-electron chi connectivity index (χ1n) is 11.4. The van der Waals surface area contributed by atoms with Crippen LogP contribution in [0.3, 0.4) is 0 Å². The first kappa shape index (κ1) is 23.1. The molecule has 2 N–H and O–H groups in total. The number of aromatic nitrogens is 1. The number of rotatable bonds is 8. The third-order valence-corrected chi connectivity index (χ3v) is 6.41. The Morgan fingerprint density at radius 3 is 2.68 bits per heavy atom. The first-order valence-corrected chi connectivity index (χ1v) is 11.4. The van der Waals surface area contributed by atoms with Crippen LogP contribution in [-0.4, -0.2) is 35.2 Å². The second kappa shape index (κ2) is 10.3. The number of hydrogen-bond donors (Lipinski definition) is 2. The number of carboxylic acid groups (broad SMARTS) is 1. The van der Waals surface area contributed by atoms with Gasteiger partial charge in [-0.3, -0.25) is 4.79 Å². The summed E-state index contributed by atoms with van der Waals surface area (Å²) in [6.45, 7) is 1.11. The molecule has 4 rings (SSSR count). The minimum atomic E-state index is -1.02. The third kappa shape index (κ3) is 4.96. The number of carbonyl (C=O) groups excluding carboxylic acids is 1. The second-order valence-electron chi connectivity index (χ2n) is 8.60. The summed E-state index contributed by atoms with van der Waals surface area (Å²) in [4.78, 5) is 24.2. The number of nitrogens with zero attached hydrogens (tertiary/aromatic N) is 2. The summed E-state index contributed by atoms with van der Waals surface area (Å²) in [5.74, 6) is -0.0886. The number of fused-ring (bicyclic) bond motifs is 1. The molecule has 174 valence electrons. The molecular formula is C27H27N3O4. The monoisotopic (exact) mass is 457 g/mol. The van der Waals surface area contributed by atoms with Gasteiger partial charge in [-0.1, -0.05) is 25.0 Å². The molecule has 2 aromatic carbocycles. The van der Waals surface area contributed by atoms with Gasteiger partial charge in [0.05, 0.1) is 25.3 Å². The number of amides is 1. The molecule has 1 heterocycles. The first-order chi connectivity index (χ1) is 16.5. The van der Waals surface area contributed by atoms with Crippen molar-refractivity contribution in [2.24, 2.45) is 5.92 Å². The maximum Gasteiger partial charge on any atom is 0.335 e. The molecule has 0 spiro atoms. The Kier molecular flexibility index (Phi) is 6.98. The van der Waals surface area contributed by atoms with Gasteiger partial charge < -0.3 is 19.7 Å². The smallest absolute Gasteiger partial charge is 0.335 e. The Bertz CT molecular complexity index is 1290. The van der Waals surface area contributed by atoms with Gasteiger partial charge in [-0.25, -0.2) is 4.79 Å².